The van der Waals surface area contributed by atoms with Crippen LogP contribution in [0.5, 0.6) is 11.5 Å². The van der Waals surface area contributed by atoms with Crippen LogP contribution in [0.25, 0.3) is 0 Å². The summed E-state index contributed by atoms with van der Waals surface area (Å²) in [5, 5.41) is 18.0. The molecule has 0 unspecified atom stereocenters. The van der Waals surface area contributed by atoms with Gasteiger partial charge < -0.3 is 14.8 Å². The average Bonchev–Trinajstić information content (AvgIpc) is 3.09. The second-order valence-corrected chi connectivity index (χ2v) is 6.51. The fourth-order valence-electron chi connectivity index (χ4n) is 2.83. The van der Waals surface area contributed by atoms with Crippen LogP contribution < -0.4 is 10.1 Å². The summed E-state index contributed by atoms with van der Waals surface area (Å²) in [5.41, 5.74) is 2.19. The number of nitrogens with zero attached hydrogens (tertiary/aromatic N) is 3. The fourth-order valence-corrected chi connectivity index (χ4v) is 2.83. The third-order valence-corrected chi connectivity index (χ3v) is 3.93. The van der Waals surface area contributed by atoms with Gasteiger partial charge in [0.15, 0.2) is 5.69 Å². The van der Waals surface area contributed by atoms with Crippen LogP contribution in [0.2, 0.25) is 0 Å². The maximum absolute atomic E-state index is 12.4. The molecule has 1 aromatic heterocycles. The Morgan fingerprint density at radius 1 is 1.14 bits per heavy atom. The number of ether oxygens (including phenoxy) is 2. The van der Waals surface area contributed by atoms with Crippen LogP contribution in [0.4, 0.5) is 11.4 Å². The van der Waals surface area contributed by atoms with Crippen molar-refractivity contribution in [3.63, 3.8) is 0 Å². The third kappa shape index (κ3) is 5.17. The van der Waals surface area contributed by atoms with Gasteiger partial charge in [-0.1, -0.05) is 6.07 Å². The van der Waals surface area contributed by atoms with Gasteiger partial charge in [-0.25, -0.2) is 4.68 Å². The minimum atomic E-state index is -0.544. The van der Waals surface area contributed by atoms with Crippen molar-refractivity contribution in [2.45, 2.75) is 20.6 Å². The molecule has 0 aliphatic heterocycles. The lowest BCUT2D eigenvalue weighted by molar-refractivity contribution is -0.384. The quantitative estimate of drug-likeness (QED) is 0.477. The number of carbonyl (C=O) groups is 1. The van der Waals surface area contributed by atoms with Gasteiger partial charge in [-0.2, -0.15) is 5.10 Å². The summed E-state index contributed by atoms with van der Waals surface area (Å²) >= 11 is 0. The van der Waals surface area contributed by atoms with Crippen LogP contribution in [0.1, 0.15) is 21.6 Å². The van der Waals surface area contributed by atoms with Crippen molar-refractivity contribution in [3.8, 4) is 11.5 Å². The average molecular weight is 396 g/mol. The van der Waals surface area contributed by atoms with Crippen LogP contribution in [0.15, 0.2) is 48.7 Å². The topological polar surface area (TPSA) is 109 Å². The number of rotatable bonds is 7. The highest BCUT2D eigenvalue weighted by Gasteiger charge is 2.15. The van der Waals surface area contributed by atoms with E-state index in [1.807, 2.05) is 32.0 Å². The molecule has 0 saturated carbocycles. The second-order valence-electron chi connectivity index (χ2n) is 6.51. The number of benzene rings is 2. The zero-order valence-electron chi connectivity index (χ0n) is 16.2. The van der Waals surface area contributed by atoms with Crippen LogP contribution in [-0.4, -0.2) is 27.7 Å². The Morgan fingerprint density at radius 3 is 2.48 bits per heavy atom. The number of hydrogen-bond donors (Lipinski definition) is 1. The molecule has 0 saturated heterocycles. The van der Waals surface area contributed by atoms with Crippen LogP contribution >= 0.6 is 0 Å². The van der Waals surface area contributed by atoms with Gasteiger partial charge in [0.25, 0.3) is 11.6 Å². The van der Waals surface area contributed by atoms with Crippen molar-refractivity contribution in [3.05, 3.63) is 75.6 Å². The lowest BCUT2D eigenvalue weighted by Gasteiger charge is -2.10. The molecule has 0 aliphatic carbocycles. The van der Waals surface area contributed by atoms with Gasteiger partial charge >= 0.3 is 0 Å². The largest absolute Gasteiger partial charge is 0.457 e. The Kier molecular flexibility index (Phi) is 5.89. The summed E-state index contributed by atoms with van der Waals surface area (Å²) in [4.78, 5) is 23.2. The minimum absolute atomic E-state index is 0.158. The van der Waals surface area contributed by atoms with Crippen molar-refractivity contribution in [2.24, 2.45) is 0 Å². The molecule has 1 amide bonds. The number of aromatic nitrogens is 2. The van der Waals surface area contributed by atoms with Crippen molar-refractivity contribution >= 4 is 17.3 Å². The molecule has 3 aromatic rings. The van der Waals surface area contributed by atoms with Crippen molar-refractivity contribution < 1.29 is 19.2 Å². The van der Waals surface area contributed by atoms with E-state index in [-0.39, 0.29) is 29.5 Å². The van der Waals surface area contributed by atoms with E-state index in [0.717, 1.165) is 11.1 Å². The Labute approximate surface area is 167 Å². The maximum Gasteiger partial charge on any atom is 0.276 e. The molecule has 1 heterocycles. The number of aryl methyl sites for hydroxylation is 2. The lowest BCUT2D eigenvalue weighted by atomic mass is 10.1. The Bertz CT molecular complexity index is 1040. The van der Waals surface area contributed by atoms with E-state index in [9.17, 15) is 14.9 Å². The van der Waals surface area contributed by atoms with E-state index >= 15 is 0 Å². The van der Waals surface area contributed by atoms with Crippen LogP contribution in [-0.2, 0) is 11.5 Å². The molecule has 2 aromatic carbocycles. The first-order valence-corrected chi connectivity index (χ1v) is 8.73. The molecular formula is C20H20N4O5. The highest BCUT2D eigenvalue weighted by molar-refractivity contribution is 6.03. The van der Waals surface area contributed by atoms with Gasteiger partial charge in [-0.3, -0.25) is 14.9 Å². The van der Waals surface area contributed by atoms with Gasteiger partial charge in [0.05, 0.1) is 16.7 Å². The summed E-state index contributed by atoms with van der Waals surface area (Å²) in [6, 6.07) is 11.3. The third-order valence-electron chi connectivity index (χ3n) is 3.93. The van der Waals surface area contributed by atoms with Gasteiger partial charge in [-0.15, -0.1) is 0 Å². The normalized spacial score (nSPS) is 10.6. The molecule has 0 spiro atoms. The Hall–Kier alpha value is -3.72. The van der Waals surface area contributed by atoms with Gasteiger partial charge in [0.2, 0.25) is 0 Å². The highest BCUT2D eigenvalue weighted by Crippen LogP contribution is 2.30. The lowest BCUT2D eigenvalue weighted by Crippen LogP contribution is -2.14. The monoisotopic (exact) mass is 396 g/mol. The number of anilines is 1. The molecule has 29 heavy (non-hydrogen) atoms. The zero-order chi connectivity index (χ0) is 21.0. The SMILES string of the molecule is COCn1ccc(C(=O)Nc2cc(Oc3cc(C)cc(C)c3)cc([N+](=O)[O-])c2)n1. The van der Waals surface area contributed by atoms with Crippen molar-refractivity contribution in [1.82, 2.24) is 9.78 Å². The summed E-state index contributed by atoms with van der Waals surface area (Å²) in [6.07, 6.45) is 1.60. The van der Waals surface area contributed by atoms with E-state index in [4.69, 9.17) is 9.47 Å². The van der Waals surface area contributed by atoms with Crippen molar-refractivity contribution in [2.75, 3.05) is 12.4 Å². The smallest absolute Gasteiger partial charge is 0.276 e. The highest BCUT2D eigenvalue weighted by atomic mass is 16.6. The first-order chi connectivity index (χ1) is 13.8. The molecule has 0 bridgehead atoms. The van der Waals surface area contributed by atoms with E-state index in [1.165, 1.54) is 36.1 Å². The van der Waals surface area contributed by atoms with Gasteiger partial charge in [0, 0.05) is 25.4 Å². The first-order valence-electron chi connectivity index (χ1n) is 8.73. The predicted molar refractivity (Wildman–Crippen MR) is 106 cm³/mol. The molecule has 3 rings (SSSR count). The zero-order valence-corrected chi connectivity index (χ0v) is 16.2. The molecule has 9 nitrogen and oxygen atoms in total. The molecule has 0 radical (unpaired) electrons. The Morgan fingerprint density at radius 2 is 1.83 bits per heavy atom. The number of nitro groups is 1. The van der Waals surface area contributed by atoms with Crippen LogP contribution in [0.3, 0.4) is 0 Å². The Balaban J connectivity index is 1.85. The second kappa shape index (κ2) is 8.53. The molecule has 150 valence electrons. The number of carbonyl (C=O) groups excluding carboxylic acids is 1. The molecule has 9 heteroatoms. The number of hydrogen-bond acceptors (Lipinski definition) is 6. The van der Waals surface area contributed by atoms with Gasteiger partial charge in [0.1, 0.15) is 18.2 Å². The number of nitro benzene ring substituents is 1. The van der Waals surface area contributed by atoms with E-state index < -0.39 is 10.8 Å². The van der Waals surface area contributed by atoms with Crippen LogP contribution in [0, 0.1) is 24.0 Å². The first kappa shape index (κ1) is 20.0. The predicted octanol–water partition coefficient (Wildman–Crippen LogP) is 4.06. The molecule has 0 aliphatic rings. The molecule has 0 fully saturated rings. The maximum atomic E-state index is 12.4. The minimum Gasteiger partial charge on any atom is -0.457 e. The van der Waals surface area contributed by atoms with Gasteiger partial charge in [-0.05, 0) is 43.2 Å². The number of amides is 1. The van der Waals surface area contributed by atoms with E-state index in [2.05, 4.69) is 10.4 Å². The summed E-state index contributed by atoms with van der Waals surface area (Å²) in [5.74, 6) is 0.292. The fraction of sp³-hybridized carbons (Fsp3) is 0.200. The summed E-state index contributed by atoms with van der Waals surface area (Å²) < 4.78 is 12.2. The summed E-state index contributed by atoms with van der Waals surface area (Å²) in [6.45, 7) is 4.07. The standard InChI is InChI=1S/C20H20N4O5/c1-13-6-14(2)8-17(7-13)29-18-10-15(9-16(11-18)24(26)27)21-20(25)19-4-5-23(22-19)12-28-3/h4-11H,12H2,1-3H3,(H,21,25). The molecular weight excluding hydrogens is 376 g/mol. The number of methoxy groups -OCH3 is 1. The molecule has 0 atom stereocenters. The van der Waals surface area contributed by atoms with E-state index in [1.54, 1.807) is 6.20 Å². The summed E-state index contributed by atoms with van der Waals surface area (Å²) in [7, 11) is 1.52. The van der Waals surface area contributed by atoms with Crippen molar-refractivity contribution in [1.29, 1.82) is 0 Å². The number of nitrogens with one attached hydrogen (secondary N) is 1. The van der Waals surface area contributed by atoms with E-state index in [0.29, 0.717) is 5.75 Å². The number of non-ortho nitro benzene ring substituents is 1. The molecule has 1 N–H and O–H groups in total.